The van der Waals surface area contributed by atoms with E-state index >= 15 is 0 Å². The molecule has 0 rings (SSSR count). The molecule has 0 unspecified atom stereocenters. The van der Waals surface area contributed by atoms with E-state index in [1.807, 2.05) is 13.8 Å². The first-order valence-corrected chi connectivity index (χ1v) is 3.91. The van der Waals surface area contributed by atoms with Gasteiger partial charge in [-0.2, -0.15) is 0 Å². The van der Waals surface area contributed by atoms with Gasteiger partial charge >= 0.3 is 0 Å². The minimum absolute atomic E-state index is 0.0764. The van der Waals surface area contributed by atoms with Gasteiger partial charge in [-0.05, 0) is 18.9 Å². The Morgan fingerprint density at radius 1 is 1.50 bits per heavy atom. The molecule has 3 N–H and O–H groups in total. The average Bonchev–Trinajstić information content (AvgIpc) is 1.98. The van der Waals surface area contributed by atoms with E-state index in [0.29, 0.717) is 5.70 Å². The minimum Gasteiger partial charge on any atom is -0.399 e. The van der Waals surface area contributed by atoms with Gasteiger partial charge in [-0.15, -0.1) is 0 Å². The monoisotopic (exact) mass is 168 g/mol. The lowest BCUT2D eigenvalue weighted by molar-refractivity contribution is -0.118. The van der Waals surface area contributed by atoms with Crippen molar-refractivity contribution in [1.29, 1.82) is 0 Å². The van der Waals surface area contributed by atoms with E-state index in [9.17, 15) is 4.79 Å². The zero-order valence-corrected chi connectivity index (χ0v) is 7.90. The number of hydrogen-bond acceptors (Lipinski definition) is 2. The van der Waals surface area contributed by atoms with E-state index in [2.05, 4.69) is 11.9 Å². The Morgan fingerprint density at radius 2 is 2.00 bits per heavy atom. The molecule has 0 saturated carbocycles. The van der Waals surface area contributed by atoms with Crippen LogP contribution in [-0.4, -0.2) is 5.91 Å². The van der Waals surface area contributed by atoms with Crippen LogP contribution in [0.1, 0.15) is 27.2 Å². The summed E-state index contributed by atoms with van der Waals surface area (Å²) in [5.74, 6) is -0.0764. The molecule has 0 saturated heterocycles. The second kappa shape index (κ2) is 4.59. The first-order valence-electron chi connectivity index (χ1n) is 3.91. The van der Waals surface area contributed by atoms with E-state index < -0.39 is 0 Å². The first-order chi connectivity index (χ1) is 5.49. The molecular weight excluding hydrogens is 152 g/mol. The number of carbonyl (C=O) groups is 1. The molecule has 1 amide bonds. The largest absolute Gasteiger partial charge is 0.399 e. The van der Waals surface area contributed by atoms with Gasteiger partial charge in [-0.25, -0.2) is 0 Å². The molecule has 0 atom stereocenters. The Kier molecular flexibility index (Phi) is 4.11. The zero-order chi connectivity index (χ0) is 9.72. The number of nitrogens with two attached hydrogens (primary N) is 1. The summed E-state index contributed by atoms with van der Waals surface area (Å²) in [7, 11) is 0. The van der Waals surface area contributed by atoms with Gasteiger partial charge in [-0.1, -0.05) is 13.5 Å². The molecule has 0 aliphatic carbocycles. The second-order valence-corrected chi connectivity index (χ2v) is 2.66. The molecule has 0 aliphatic rings. The van der Waals surface area contributed by atoms with Crippen molar-refractivity contribution < 1.29 is 4.79 Å². The van der Waals surface area contributed by atoms with Crippen LogP contribution < -0.4 is 11.1 Å². The summed E-state index contributed by atoms with van der Waals surface area (Å²) in [4.78, 5) is 10.7. The molecule has 0 aromatic rings. The summed E-state index contributed by atoms with van der Waals surface area (Å²) >= 11 is 0. The molecular formula is C9H16N2O. The summed E-state index contributed by atoms with van der Waals surface area (Å²) in [6, 6.07) is 0. The van der Waals surface area contributed by atoms with Crippen LogP contribution in [-0.2, 0) is 4.79 Å². The van der Waals surface area contributed by atoms with Gasteiger partial charge in [0.15, 0.2) is 0 Å². The van der Waals surface area contributed by atoms with Crippen LogP contribution in [0.3, 0.4) is 0 Å². The molecule has 3 heteroatoms. The lowest BCUT2D eigenvalue weighted by Crippen LogP contribution is -2.21. The van der Waals surface area contributed by atoms with Crippen LogP contribution in [0, 0.1) is 0 Å². The smallest absolute Gasteiger partial charge is 0.221 e. The number of amides is 1. The first kappa shape index (κ1) is 10.8. The van der Waals surface area contributed by atoms with Crippen LogP contribution >= 0.6 is 0 Å². The highest BCUT2D eigenvalue weighted by Gasteiger charge is 2.02. The standard InChI is InChI=1S/C9H16N2O/c1-5-9(11-8(4)12)6(2)7(3)10/h3,5,10H2,1-2,4H3,(H,11,12)/b9-6-. The minimum atomic E-state index is -0.0764. The fourth-order valence-corrected chi connectivity index (χ4v) is 0.854. The molecule has 12 heavy (non-hydrogen) atoms. The third-order valence-corrected chi connectivity index (χ3v) is 1.61. The average molecular weight is 168 g/mol. The maximum atomic E-state index is 10.7. The Balaban J connectivity index is 4.61. The fourth-order valence-electron chi connectivity index (χ4n) is 0.854. The third-order valence-electron chi connectivity index (χ3n) is 1.61. The Morgan fingerprint density at radius 3 is 2.25 bits per heavy atom. The molecule has 0 aromatic heterocycles. The predicted molar refractivity (Wildman–Crippen MR) is 50.1 cm³/mol. The van der Waals surface area contributed by atoms with Crippen molar-refractivity contribution in [1.82, 2.24) is 5.32 Å². The van der Waals surface area contributed by atoms with Gasteiger partial charge < -0.3 is 11.1 Å². The van der Waals surface area contributed by atoms with E-state index in [4.69, 9.17) is 5.73 Å². The lowest BCUT2D eigenvalue weighted by Gasteiger charge is -2.10. The van der Waals surface area contributed by atoms with Gasteiger partial charge in [0.1, 0.15) is 0 Å². The van der Waals surface area contributed by atoms with Crippen molar-refractivity contribution in [3.05, 3.63) is 23.5 Å². The van der Waals surface area contributed by atoms with E-state index in [1.54, 1.807) is 0 Å². The maximum Gasteiger partial charge on any atom is 0.221 e. The molecule has 0 aliphatic heterocycles. The van der Waals surface area contributed by atoms with E-state index in [-0.39, 0.29) is 5.91 Å². The summed E-state index contributed by atoms with van der Waals surface area (Å²) in [5.41, 5.74) is 7.68. The quantitative estimate of drug-likeness (QED) is 0.624. The van der Waals surface area contributed by atoms with Crippen molar-refractivity contribution in [2.75, 3.05) is 0 Å². The van der Waals surface area contributed by atoms with E-state index in [0.717, 1.165) is 17.7 Å². The normalized spacial score (nSPS) is 11.9. The SMILES string of the molecule is C=C(N)/C(C)=C(/CC)NC(C)=O. The lowest BCUT2D eigenvalue weighted by atomic mass is 10.1. The van der Waals surface area contributed by atoms with Crippen LogP contribution in [0.2, 0.25) is 0 Å². The molecule has 0 heterocycles. The van der Waals surface area contributed by atoms with Gasteiger partial charge in [0.25, 0.3) is 0 Å². The number of rotatable bonds is 3. The van der Waals surface area contributed by atoms with Gasteiger partial charge in [0.05, 0.1) is 0 Å². The summed E-state index contributed by atoms with van der Waals surface area (Å²) in [6.45, 7) is 8.87. The van der Waals surface area contributed by atoms with Gasteiger partial charge in [0.2, 0.25) is 5.91 Å². The van der Waals surface area contributed by atoms with Crippen LogP contribution in [0.15, 0.2) is 23.5 Å². The van der Waals surface area contributed by atoms with Gasteiger partial charge in [0, 0.05) is 18.3 Å². The highest BCUT2D eigenvalue weighted by atomic mass is 16.1. The van der Waals surface area contributed by atoms with Crippen LogP contribution in [0.5, 0.6) is 0 Å². The molecule has 0 fully saturated rings. The molecule has 68 valence electrons. The molecule has 3 nitrogen and oxygen atoms in total. The fraction of sp³-hybridized carbons (Fsp3) is 0.444. The summed E-state index contributed by atoms with van der Waals surface area (Å²) < 4.78 is 0. The number of carbonyl (C=O) groups excluding carboxylic acids is 1. The second-order valence-electron chi connectivity index (χ2n) is 2.66. The summed E-state index contributed by atoms with van der Waals surface area (Å²) in [5, 5.41) is 2.71. The van der Waals surface area contributed by atoms with Crippen molar-refractivity contribution in [2.45, 2.75) is 27.2 Å². The molecule has 0 aromatic carbocycles. The van der Waals surface area contributed by atoms with Crippen LogP contribution in [0.25, 0.3) is 0 Å². The molecule has 0 radical (unpaired) electrons. The van der Waals surface area contributed by atoms with E-state index in [1.165, 1.54) is 6.92 Å². The van der Waals surface area contributed by atoms with Crippen molar-refractivity contribution >= 4 is 5.91 Å². The Hall–Kier alpha value is -1.25. The zero-order valence-electron chi connectivity index (χ0n) is 7.90. The highest BCUT2D eigenvalue weighted by molar-refractivity contribution is 5.75. The van der Waals surface area contributed by atoms with Crippen molar-refractivity contribution in [3.8, 4) is 0 Å². The van der Waals surface area contributed by atoms with Crippen LogP contribution in [0.4, 0.5) is 0 Å². The van der Waals surface area contributed by atoms with Crippen molar-refractivity contribution in [3.63, 3.8) is 0 Å². The third kappa shape index (κ3) is 3.23. The Labute approximate surface area is 73.3 Å². The van der Waals surface area contributed by atoms with Gasteiger partial charge in [-0.3, -0.25) is 4.79 Å². The predicted octanol–water partition coefficient (Wildman–Crippen LogP) is 1.28. The number of hydrogen-bond donors (Lipinski definition) is 2. The Bertz CT molecular complexity index is 229. The van der Waals surface area contributed by atoms with Crippen molar-refractivity contribution in [2.24, 2.45) is 5.73 Å². The molecule has 0 spiro atoms. The topological polar surface area (TPSA) is 55.1 Å². The number of allylic oxidation sites excluding steroid dienone is 2. The maximum absolute atomic E-state index is 10.7. The number of nitrogens with one attached hydrogen (secondary N) is 1. The summed E-state index contributed by atoms with van der Waals surface area (Å²) in [6.07, 6.45) is 0.752. The molecule has 0 bridgehead atoms. The highest BCUT2D eigenvalue weighted by Crippen LogP contribution is 2.08.